The Morgan fingerprint density at radius 3 is 2.73 bits per heavy atom. The first-order chi connectivity index (χ1) is 7.22. The van der Waals surface area contributed by atoms with Crippen LogP contribution in [0, 0.1) is 6.92 Å². The smallest absolute Gasteiger partial charge is 0.183 e. The Balaban J connectivity index is 2.53. The Labute approximate surface area is 91.9 Å². The molecular formula is C9H10ClN5. The molecule has 78 valence electrons. The van der Waals surface area contributed by atoms with E-state index in [4.69, 9.17) is 11.6 Å². The van der Waals surface area contributed by atoms with Crippen molar-refractivity contribution in [2.24, 2.45) is 0 Å². The lowest BCUT2D eigenvalue weighted by atomic mass is 10.2. The third-order valence-corrected chi connectivity index (χ3v) is 2.47. The third kappa shape index (κ3) is 1.83. The van der Waals surface area contributed by atoms with Gasteiger partial charge >= 0.3 is 0 Å². The number of hydrogen-bond donors (Lipinski definition) is 1. The standard InChI is InChI=1S/C9H10ClN5/c1-3-6-5(2)12-9(13-8(6)10)7-4-11-15-14-7/h4H,3H2,1-2H3,(H,11,14,15). The molecule has 2 rings (SSSR count). The molecule has 2 aromatic heterocycles. The van der Waals surface area contributed by atoms with Crippen molar-refractivity contribution in [3.05, 3.63) is 22.6 Å². The minimum absolute atomic E-state index is 0.489. The molecule has 0 fully saturated rings. The molecule has 15 heavy (non-hydrogen) atoms. The molecule has 0 saturated heterocycles. The summed E-state index contributed by atoms with van der Waals surface area (Å²) < 4.78 is 0. The van der Waals surface area contributed by atoms with Crippen molar-refractivity contribution in [2.75, 3.05) is 0 Å². The van der Waals surface area contributed by atoms with E-state index in [2.05, 4.69) is 25.4 Å². The quantitative estimate of drug-likeness (QED) is 0.789. The SMILES string of the molecule is CCc1c(C)nc(-c2cn[nH]n2)nc1Cl. The third-order valence-electron chi connectivity index (χ3n) is 2.16. The number of halogens is 1. The van der Waals surface area contributed by atoms with Gasteiger partial charge in [0.05, 0.1) is 6.20 Å². The van der Waals surface area contributed by atoms with Gasteiger partial charge in [0, 0.05) is 11.3 Å². The lowest BCUT2D eigenvalue weighted by Crippen LogP contribution is -1.99. The molecule has 0 saturated carbocycles. The summed E-state index contributed by atoms with van der Waals surface area (Å²) in [6.45, 7) is 3.93. The zero-order valence-electron chi connectivity index (χ0n) is 8.45. The molecule has 2 aromatic rings. The normalized spacial score (nSPS) is 10.6. The van der Waals surface area contributed by atoms with E-state index in [0.29, 0.717) is 16.7 Å². The number of aromatic nitrogens is 5. The van der Waals surface area contributed by atoms with Crippen LogP contribution in [0.25, 0.3) is 11.5 Å². The highest BCUT2D eigenvalue weighted by Gasteiger charge is 2.11. The van der Waals surface area contributed by atoms with Gasteiger partial charge in [-0.15, -0.1) is 0 Å². The largest absolute Gasteiger partial charge is 0.232 e. The van der Waals surface area contributed by atoms with Crippen molar-refractivity contribution in [2.45, 2.75) is 20.3 Å². The monoisotopic (exact) mass is 223 g/mol. The van der Waals surface area contributed by atoms with Gasteiger partial charge in [0.2, 0.25) is 0 Å². The van der Waals surface area contributed by atoms with Gasteiger partial charge in [0.15, 0.2) is 5.82 Å². The molecule has 0 unspecified atom stereocenters. The van der Waals surface area contributed by atoms with Crippen LogP contribution < -0.4 is 0 Å². The highest BCUT2D eigenvalue weighted by molar-refractivity contribution is 6.30. The van der Waals surface area contributed by atoms with E-state index in [1.54, 1.807) is 6.20 Å². The van der Waals surface area contributed by atoms with E-state index >= 15 is 0 Å². The van der Waals surface area contributed by atoms with Gasteiger partial charge in [-0.2, -0.15) is 15.4 Å². The Morgan fingerprint density at radius 1 is 1.40 bits per heavy atom. The molecule has 6 heteroatoms. The van der Waals surface area contributed by atoms with Crippen molar-refractivity contribution in [3.8, 4) is 11.5 Å². The summed E-state index contributed by atoms with van der Waals surface area (Å²) in [5.74, 6) is 0.503. The van der Waals surface area contributed by atoms with E-state index in [1.165, 1.54) is 0 Å². The summed E-state index contributed by atoms with van der Waals surface area (Å²) in [5.41, 5.74) is 2.46. The minimum atomic E-state index is 0.489. The van der Waals surface area contributed by atoms with Crippen LogP contribution in [0.5, 0.6) is 0 Å². The molecule has 0 aliphatic carbocycles. The molecule has 0 atom stereocenters. The van der Waals surface area contributed by atoms with E-state index in [-0.39, 0.29) is 0 Å². The summed E-state index contributed by atoms with van der Waals surface area (Å²) in [4.78, 5) is 8.51. The van der Waals surface area contributed by atoms with E-state index in [0.717, 1.165) is 17.7 Å². The van der Waals surface area contributed by atoms with Gasteiger partial charge in [-0.05, 0) is 13.3 Å². The molecule has 1 N–H and O–H groups in total. The fourth-order valence-electron chi connectivity index (χ4n) is 1.39. The van der Waals surface area contributed by atoms with Crippen molar-refractivity contribution >= 4 is 11.6 Å². The lowest BCUT2D eigenvalue weighted by Gasteiger charge is -2.05. The highest BCUT2D eigenvalue weighted by Crippen LogP contribution is 2.20. The van der Waals surface area contributed by atoms with Gasteiger partial charge in [-0.1, -0.05) is 18.5 Å². The minimum Gasteiger partial charge on any atom is -0.232 e. The maximum Gasteiger partial charge on any atom is 0.183 e. The van der Waals surface area contributed by atoms with E-state index in [9.17, 15) is 0 Å². The summed E-state index contributed by atoms with van der Waals surface area (Å²) in [6, 6.07) is 0. The number of H-pyrrole nitrogens is 1. The Morgan fingerprint density at radius 2 is 2.20 bits per heavy atom. The molecule has 0 spiro atoms. The molecule has 0 radical (unpaired) electrons. The zero-order chi connectivity index (χ0) is 10.8. The van der Waals surface area contributed by atoms with E-state index in [1.807, 2.05) is 13.8 Å². The summed E-state index contributed by atoms with van der Waals surface area (Å²) in [7, 11) is 0. The molecule has 0 bridgehead atoms. The average Bonchev–Trinajstić information content (AvgIpc) is 2.69. The van der Waals surface area contributed by atoms with Gasteiger partial charge in [-0.3, -0.25) is 0 Å². The first-order valence-corrected chi connectivity index (χ1v) is 4.99. The summed E-state index contributed by atoms with van der Waals surface area (Å²) in [6.07, 6.45) is 2.39. The second-order valence-corrected chi connectivity index (χ2v) is 3.47. The van der Waals surface area contributed by atoms with Crippen LogP contribution in [-0.2, 0) is 6.42 Å². The fraction of sp³-hybridized carbons (Fsp3) is 0.333. The van der Waals surface area contributed by atoms with Crippen LogP contribution in [0.2, 0.25) is 5.15 Å². The number of hydrogen-bond acceptors (Lipinski definition) is 4. The molecule has 0 amide bonds. The predicted octanol–water partition coefficient (Wildman–Crippen LogP) is 1.79. The van der Waals surface area contributed by atoms with E-state index < -0.39 is 0 Å². The fourth-order valence-corrected chi connectivity index (χ4v) is 1.74. The molecule has 5 nitrogen and oxygen atoms in total. The molecule has 0 aromatic carbocycles. The first kappa shape index (κ1) is 10.0. The lowest BCUT2D eigenvalue weighted by molar-refractivity contribution is 0.933. The van der Waals surface area contributed by atoms with Gasteiger partial charge < -0.3 is 0 Å². The number of aromatic amines is 1. The highest BCUT2D eigenvalue weighted by atomic mass is 35.5. The number of aryl methyl sites for hydroxylation is 1. The maximum absolute atomic E-state index is 6.04. The Kier molecular flexibility index (Phi) is 2.64. The molecule has 0 aliphatic rings. The average molecular weight is 224 g/mol. The molecule has 2 heterocycles. The second kappa shape index (κ2) is 3.94. The Hall–Kier alpha value is -1.49. The van der Waals surface area contributed by atoms with Gasteiger partial charge in [0.25, 0.3) is 0 Å². The topological polar surface area (TPSA) is 67.3 Å². The molecular weight excluding hydrogens is 214 g/mol. The van der Waals surface area contributed by atoms with Crippen molar-refractivity contribution in [3.63, 3.8) is 0 Å². The van der Waals surface area contributed by atoms with Crippen LogP contribution in [-0.4, -0.2) is 25.4 Å². The van der Waals surface area contributed by atoms with Crippen molar-refractivity contribution < 1.29 is 0 Å². The zero-order valence-corrected chi connectivity index (χ0v) is 9.21. The van der Waals surface area contributed by atoms with Crippen molar-refractivity contribution in [1.82, 2.24) is 25.4 Å². The number of rotatable bonds is 2. The van der Waals surface area contributed by atoms with Gasteiger partial charge in [0.1, 0.15) is 10.8 Å². The second-order valence-electron chi connectivity index (χ2n) is 3.11. The van der Waals surface area contributed by atoms with Crippen LogP contribution in [0.15, 0.2) is 6.20 Å². The number of nitrogens with one attached hydrogen (secondary N) is 1. The van der Waals surface area contributed by atoms with Crippen LogP contribution in [0.3, 0.4) is 0 Å². The van der Waals surface area contributed by atoms with Gasteiger partial charge in [-0.25, -0.2) is 9.97 Å². The first-order valence-electron chi connectivity index (χ1n) is 4.61. The van der Waals surface area contributed by atoms with Crippen LogP contribution >= 0.6 is 11.6 Å². The molecule has 0 aliphatic heterocycles. The Bertz CT molecular complexity index is 442. The summed E-state index contributed by atoms with van der Waals surface area (Å²) >= 11 is 6.04. The van der Waals surface area contributed by atoms with Crippen LogP contribution in [0.4, 0.5) is 0 Å². The van der Waals surface area contributed by atoms with Crippen molar-refractivity contribution in [1.29, 1.82) is 0 Å². The van der Waals surface area contributed by atoms with Crippen LogP contribution in [0.1, 0.15) is 18.2 Å². The summed E-state index contributed by atoms with van der Waals surface area (Å²) in [5, 5.41) is 10.6. The predicted molar refractivity (Wildman–Crippen MR) is 56.5 cm³/mol. The number of nitrogens with zero attached hydrogens (tertiary/aromatic N) is 4. The maximum atomic E-state index is 6.04.